The summed E-state index contributed by atoms with van der Waals surface area (Å²) < 4.78 is 16.7. The average Bonchev–Trinajstić information content (AvgIpc) is 3.63. The molecule has 1 heterocycles. The molecule has 11 nitrogen and oxygen atoms in total. The molecule has 7 atom stereocenters. The highest BCUT2D eigenvalue weighted by molar-refractivity contribution is 5.76. The van der Waals surface area contributed by atoms with Gasteiger partial charge in [0.1, 0.15) is 24.4 Å². The molecule has 11 heteroatoms. The molecule has 1 rings (SSSR count). The number of hydrogen-bond donors (Lipinski definition) is 6. The Morgan fingerprint density at radius 1 is 0.440 bits per heavy atom. The summed E-state index contributed by atoms with van der Waals surface area (Å²) in [4.78, 5) is 25.1. The van der Waals surface area contributed by atoms with Crippen LogP contribution in [0.4, 0.5) is 0 Å². The van der Waals surface area contributed by atoms with E-state index in [2.05, 4.69) is 55.6 Å². The molecule has 0 aromatic rings. The largest absolute Gasteiger partial charge is 0.466 e. The lowest BCUT2D eigenvalue weighted by Crippen LogP contribution is -2.60. The number of aliphatic hydroxyl groups is 5. The number of aliphatic hydroxyl groups excluding tert-OH is 5. The van der Waals surface area contributed by atoms with Crippen molar-refractivity contribution in [3.8, 4) is 0 Å². The Labute approximate surface area is 516 Å². The SMILES string of the molecule is CCCC/C=C\CCCCCCCC(=O)OCCCCCCCCCCC/C=C\C/C=C\CCCCCCCCCCCCCCCCCC(=O)NC(COC1OC(CO)C(O)C(O)C1O)C(O)/C=C/CCCCCCCCCCCCCC. The molecule has 0 aliphatic carbocycles. The Kier molecular flexibility index (Phi) is 59.0. The van der Waals surface area contributed by atoms with E-state index in [9.17, 15) is 35.1 Å². The maximum atomic E-state index is 13.1. The summed E-state index contributed by atoms with van der Waals surface area (Å²) in [6, 6.07) is -0.810. The van der Waals surface area contributed by atoms with Crippen LogP contribution in [0.1, 0.15) is 341 Å². The summed E-state index contributed by atoms with van der Waals surface area (Å²) in [6.45, 7) is 4.33. The van der Waals surface area contributed by atoms with Crippen LogP contribution in [0.25, 0.3) is 0 Å². The van der Waals surface area contributed by atoms with Crippen molar-refractivity contribution in [3.05, 3.63) is 48.6 Å². The van der Waals surface area contributed by atoms with E-state index in [0.717, 1.165) is 64.2 Å². The third-order valence-corrected chi connectivity index (χ3v) is 16.9. The molecule has 0 radical (unpaired) electrons. The second-order valence-electron chi connectivity index (χ2n) is 24.9. The number of amides is 1. The molecule has 84 heavy (non-hydrogen) atoms. The highest BCUT2D eigenvalue weighted by Crippen LogP contribution is 2.23. The molecule has 1 amide bonds. The molecule has 0 bridgehead atoms. The molecule has 0 aromatic heterocycles. The Morgan fingerprint density at radius 2 is 0.810 bits per heavy atom. The third-order valence-electron chi connectivity index (χ3n) is 16.9. The van der Waals surface area contributed by atoms with Crippen molar-refractivity contribution in [2.75, 3.05) is 19.8 Å². The number of ether oxygens (including phenoxy) is 3. The molecule has 0 aromatic carbocycles. The summed E-state index contributed by atoms with van der Waals surface area (Å²) in [5.41, 5.74) is 0. The van der Waals surface area contributed by atoms with Crippen molar-refractivity contribution in [2.45, 2.75) is 384 Å². The Morgan fingerprint density at radius 3 is 1.25 bits per heavy atom. The fourth-order valence-electron chi connectivity index (χ4n) is 11.2. The molecule has 1 aliphatic heterocycles. The number of carbonyl (C=O) groups excluding carboxylic acids is 2. The van der Waals surface area contributed by atoms with Gasteiger partial charge in [-0.1, -0.05) is 294 Å². The fourth-order valence-corrected chi connectivity index (χ4v) is 11.2. The minimum atomic E-state index is -1.57. The van der Waals surface area contributed by atoms with Gasteiger partial charge in [0.05, 0.1) is 32.0 Å². The maximum Gasteiger partial charge on any atom is 0.305 e. The number of carbonyl (C=O) groups is 2. The molecule has 1 aliphatic rings. The number of rotatable bonds is 63. The quantitative estimate of drug-likeness (QED) is 0.0195. The zero-order chi connectivity index (χ0) is 60.9. The minimum absolute atomic E-state index is 0.00590. The van der Waals surface area contributed by atoms with Crippen LogP contribution in [0.2, 0.25) is 0 Å². The third kappa shape index (κ3) is 50.6. The Hall–Kier alpha value is -2.38. The zero-order valence-electron chi connectivity index (χ0n) is 54.6. The first-order valence-electron chi connectivity index (χ1n) is 35.9. The van der Waals surface area contributed by atoms with Gasteiger partial charge in [-0.2, -0.15) is 0 Å². The summed E-state index contributed by atoms with van der Waals surface area (Å²) in [7, 11) is 0. The van der Waals surface area contributed by atoms with Gasteiger partial charge in [0.2, 0.25) is 5.91 Å². The predicted molar refractivity (Wildman–Crippen MR) is 352 cm³/mol. The number of allylic oxidation sites excluding steroid dienone is 7. The first kappa shape index (κ1) is 79.6. The van der Waals surface area contributed by atoms with Gasteiger partial charge in [-0.05, 0) is 83.5 Å². The standard InChI is InChI=1S/C73H135NO10/c1-3-5-7-9-11-13-15-16-36-40-43-47-51-55-59-66(76)65(64-83-73-72(81)71(80)70(79)67(63-75)84-73)74-68(77)60-56-52-48-44-41-37-34-32-30-28-26-24-22-20-18-17-19-21-23-25-27-29-31-33-35-38-42-46-50-54-58-62-82-69(78)61-57-53-49-45-39-14-12-10-8-6-4-2/h10,12,19,21,25,27,55,59,65-67,70-73,75-76,79-81H,3-9,11,13-18,20,22-24,26,28-54,56-58,60-64H2,1-2H3,(H,74,77)/b12-10-,21-19-,27-25-,59-55+. The van der Waals surface area contributed by atoms with E-state index in [1.807, 2.05) is 6.08 Å². The van der Waals surface area contributed by atoms with Crippen molar-refractivity contribution in [2.24, 2.45) is 0 Å². The van der Waals surface area contributed by atoms with Crippen molar-refractivity contribution >= 4 is 11.9 Å². The fraction of sp³-hybridized carbons (Fsp3) is 0.863. The lowest BCUT2D eigenvalue weighted by molar-refractivity contribution is -0.302. The summed E-state index contributed by atoms with van der Waals surface area (Å²) >= 11 is 0. The van der Waals surface area contributed by atoms with E-state index < -0.39 is 49.5 Å². The monoisotopic (exact) mass is 1190 g/mol. The van der Waals surface area contributed by atoms with Gasteiger partial charge in [-0.15, -0.1) is 0 Å². The molecule has 0 saturated carbocycles. The van der Waals surface area contributed by atoms with E-state index in [1.165, 1.54) is 250 Å². The first-order valence-corrected chi connectivity index (χ1v) is 35.9. The number of unbranched alkanes of at least 4 members (excludes halogenated alkanes) is 43. The van der Waals surface area contributed by atoms with Crippen LogP contribution in [0.15, 0.2) is 48.6 Å². The normalized spacial score (nSPS) is 18.3. The van der Waals surface area contributed by atoms with E-state index in [1.54, 1.807) is 6.08 Å². The Balaban J connectivity index is 1.99. The summed E-state index contributed by atoms with van der Waals surface area (Å²) in [5, 5.41) is 54.6. The topological polar surface area (TPSA) is 175 Å². The second kappa shape index (κ2) is 62.2. The highest BCUT2D eigenvalue weighted by Gasteiger charge is 2.44. The summed E-state index contributed by atoms with van der Waals surface area (Å²) in [5.74, 6) is -0.185. The van der Waals surface area contributed by atoms with Crippen molar-refractivity contribution in [1.29, 1.82) is 0 Å². The molecule has 7 unspecified atom stereocenters. The van der Waals surface area contributed by atoms with Crippen molar-refractivity contribution in [1.82, 2.24) is 5.32 Å². The van der Waals surface area contributed by atoms with E-state index in [4.69, 9.17) is 14.2 Å². The lowest BCUT2D eigenvalue weighted by atomic mass is 9.99. The van der Waals surface area contributed by atoms with Crippen LogP contribution in [0, 0.1) is 0 Å². The number of esters is 1. The number of nitrogens with one attached hydrogen (secondary N) is 1. The Bertz CT molecular complexity index is 1530. The van der Waals surface area contributed by atoms with Gasteiger partial charge in [0.25, 0.3) is 0 Å². The second-order valence-corrected chi connectivity index (χ2v) is 24.9. The molecule has 6 N–H and O–H groups in total. The van der Waals surface area contributed by atoms with Crippen molar-refractivity contribution < 1.29 is 49.3 Å². The number of hydrogen-bond acceptors (Lipinski definition) is 10. The van der Waals surface area contributed by atoms with Gasteiger partial charge in [-0.3, -0.25) is 9.59 Å². The van der Waals surface area contributed by atoms with E-state index in [0.29, 0.717) is 19.4 Å². The van der Waals surface area contributed by atoms with Crippen LogP contribution >= 0.6 is 0 Å². The van der Waals surface area contributed by atoms with Crippen LogP contribution in [-0.4, -0.2) is 100 Å². The van der Waals surface area contributed by atoms with Gasteiger partial charge >= 0.3 is 5.97 Å². The lowest BCUT2D eigenvalue weighted by Gasteiger charge is -2.40. The van der Waals surface area contributed by atoms with Gasteiger partial charge in [0.15, 0.2) is 6.29 Å². The molecule has 1 saturated heterocycles. The van der Waals surface area contributed by atoms with Crippen molar-refractivity contribution in [3.63, 3.8) is 0 Å². The molecule has 0 spiro atoms. The van der Waals surface area contributed by atoms with E-state index >= 15 is 0 Å². The molecule has 1 fully saturated rings. The van der Waals surface area contributed by atoms with Crippen LogP contribution in [-0.2, 0) is 23.8 Å². The van der Waals surface area contributed by atoms with Gasteiger partial charge < -0.3 is 45.1 Å². The smallest absolute Gasteiger partial charge is 0.305 e. The molecule has 492 valence electrons. The van der Waals surface area contributed by atoms with Gasteiger partial charge in [-0.25, -0.2) is 0 Å². The molecular weight excluding hydrogens is 1050 g/mol. The summed E-state index contributed by atoms with van der Waals surface area (Å²) in [6.07, 6.45) is 70.9. The van der Waals surface area contributed by atoms with Crippen LogP contribution in [0.3, 0.4) is 0 Å². The maximum absolute atomic E-state index is 13.1. The zero-order valence-corrected chi connectivity index (χ0v) is 54.6. The highest BCUT2D eigenvalue weighted by atomic mass is 16.7. The molecular formula is C73H135NO10. The average molecular weight is 1190 g/mol. The minimum Gasteiger partial charge on any atom is -0.466 e. The predicted octanol–water partition coefficient (Wildman–Crippen LogP) is 18.4. The first-order chi connectivity index (χ1) is 41.2. The van der Waals surface area contributed by atoms with Crippen LogP contribution < -0.4 is 5.32 Å². The van der Waals surface area contributed by atoms with E-state index in [-0.39, 0.29) is 18.5 Å². The van der Waals surface area contributed by atoms with Crippen LogP contribution in [0.5, 0.6) is 0 Å². The van der Waals surface area contributed by atoms with Gasteiger partial charge in [0, 0.05) is 12.8 Å².